The van der Waals surface area contributed by atoms with Crippen LogP contribution in [0.5, 0.6) is 0 Å². The van der Waals surface area contributed by atoms with E-state index in [2.05, 4.69) is 45.5 Å². The van der Waals surface area contributed by atoms with Crippen LogP contribution in [0, 0.1) is 17.2 Å². The Hall–Kier alpha value is -2.58. The highest BCUT2D eigenvalue weighted by molar-refractivity contribution is 5.48. The molecule has 1 aromatic carbocycles. The van der Waals surface area contributed by atoms with E-state index in [1.165, 1.54) is 11.3 Å². The number of benzene rings is 1. The molecular formula is C19H22N4O. The third kappa shape index (κ3) is 4.03. The molecule has 5 nitrogen and oxygen atoms in total. The van der Waals surface area contributed by atoms with Crippen LogP contribution in [0.4, 0.5) is 11.5 Å². The fourth-order valence-electron chi connectivity index (χ4n) is 2.96. The summed E-state index contributed by atoms with van der Waals surface area (Å²) < 4.78 is 0. The van der Waals surface area contributed by atoms with E-state index in [9.17, 15) is 5.11 Å². The first-order valence-electron chi connectivity index (χ1n) is 8.33. The summed E-state index contributed by atoms with van der Waals surface area (Å²) in [5.41, 5.74) is 3.00. The lowest BCUT2D eigenvalue weighted by Gasteiger charge is -2.33. The normalized spacial score (nSPS) is 15.1. The molecule has 0 spiro atoms. The first-order chi connectivity index (χ1) is 11.8. The zero-order chi connectivity index (χ0) is 16.8. The summed E-state index contributed by atoms with van der Waals surface area (Å²) in [4.78, 5) is 6.59. The predicted octanol–water partition coefficient (Wildman–Crippen LogP) is 2.77. The second kappa shape index (κ2) is 7.80. The zero-order valence-corrected chi connectivity index (χ0v) is 13.7. The Balaban J connectivity index is 1.53. The molecule has 0 bridgehead atoms. The molecule has 0 unspecified atom stereocenters. The van der Waals surface area contributed by atoms with Gasteiger partial charge in [0.2, 0.25) is 0 Å². The lowest BCUT2D eigenvalue weighted by Crippen LogP contribution is -2.34. The Morgan fingerprint density at radius 1 is 1.17 bits per heavy atom. The molecule has 2 aromatic rings. The molecular weight excluding hydrogens is 300 g/mol. The molecule has 1 fully saturated rings. The molecule has 1 aliphatic heterocycles. The fraction of sp³-hybridized carbons (Fsp3) is 0.368. The largest absolute Gasteiger partial charge is 0.396 e. The predicted molar refractivity (Wildman–Crippen MR) is 94.7 cm³/mol. The van der Waals surface area contributed by atoms with Gasteiger partial charge in [-0.05, 0) is 48.6 Å². The molecule has 0 amide bonds. The maximum atomic E-state index is 9.22. The second-order valence-electron chi connectivity index (χ2n) is 6.18. The maximum Gasteiger partial charge on any atom is 0.126 e. The first kappa shape index (κ1) is 16.3. The lowest BCUT2D eigenvalue weighted by molar-refractivity contribution is 0.203. The number of hydrogen-bond acceptors (Lipinski definition) is 5. The molecule has 0 saturated carbocycles. The van der Waals surface area contributed by atoms with Crippen LogP contribution in [0.3, 0.4) is 0 Å². The van der Waals surface area contributed by atoms with Crippen LogP contribution >= 0.6 is 0 Å². The van der Waals surface area contributed by atoms with Gasteiger partial charge < -0.3 is 15.3 Å². The van der Waals surface area contributed by atoms with Crippen molar-refractivity contribution < 1.29 is 5.11 Å². The number of pyridine rings is 1. The van der Waals surface area contributed by atoms with Crippen LogP contribution < -0.4 is 10.2 Å². The van der Waals surface area contributed by atoms with Crippen LogP contribution in [0.2, 0.25) is 0 Å². The van der Waals surface area contributed by atoms with Gasteiger partial charge in [0.1, 0.15) is 11.9 Å². The van der Waals surface area contributed by atoms with E-state index in [0.29, 0.717) is 24.6 Å². The van der Waals surface area contributed by atoms with E-state index in [4.69, 9.17) is 5.26 Å². The van der Waals surface area contributed by atoms with Gasteiger partial charge in [-0.25, -0.2) is 4.98 Å². The summed E-state index contributed by atoms with van der Waals surface area (Å²) in [6, 6.07) is 14.2. The summed E-state index contributed by atoms with van der Waals surface area (Å²) in [6.45, 7) is 3.03. The maximum absolute atomic E-state index is 9.22. The smallest absolute Gasteiger partial charge is 0.126 e. The summed E-state index contributed by atoms with van der Waals surface area (Å²) in [6.07, 6.45) is 3.69. The Morgan fingerprint density at radius 3 is 2.50 bits per heavy atom. The van der Waals surface area contributed by atoms with Crippen molar-refractivity contribution in [2.24, 2.45) is 5.92 Å². The SMILES string of the molecule is N#Cc1ccc(NCc2ccc(N3CCC(CO)CC3)cc2)nc1. The molecule has 124 valence electrons. The monoisotopic (exact) mass is 322 g/mol. The van der Waals surface area contributed by atoms with E-state index < -0.39 is 0 Å². The Labute approximate surface area is 142 Å². The quantitative estimate of drug-likeness (QED) is 0.885. The van der Waals surface area contributed by atoms with Crippen molar-refractivity contribution in [2.45, 2.75) is 19.4 Å². The number of aliphatic hydroxyl groups is 1. The van der Waals surface area contributed by atoms with Gasteiger partial charge in [0.15, 0.2) is 0 Å². The molecule has 5 heteroatoms. The van der Waals surface area contributed by atoms with Crippen LogP contribution in [0.15, 0.2) is 42.6 Å². The Morgan fingerprint density at radius 2 is 1.92 bits per heavy atom. The van der Waals surface area contributed by atoms with Crippen LogP contribution in [-0.4, -0.2) is 29.8 Å². The first-order valence-corrected chi connectivity index (χ1v) is 8.33. The van der Waals surface area contributed by atoms with E-state index in [1.807, 2.05) is 6.07 Å². The highest BCUT2D eigenvalue weighted by Gasteiger charge is 2.18. The highest BCUT2D eigenvalue weighted by Crippen LogP contribution is 2.23. The number of piperidine rings is 1. The number of nitrogens with one attached hydrogen (secondary N) is 1. The van der Waals surface area contributed by atoms with Crippen molar-refractivity contribution >= 4 is 11.5 Å². The average molecular weight is 322 g/mol. The molecule has 3 rings (SSSR count). The van der Waals surface area contributed by atoms with Crippen molar-refractivity contribution in [3.05, 3.63) is 53.7 Å². The van der Waals surface area contributed by atoms with Crippen molar-refractivity contribution in [1.29, 1.82) is 5.26 Å². The van der Waals surface area contributed by atoms with Crippen LogP contribution in [0.1, 0.15) is 24.0 Å². The number of hydrogen-bond donors (Lipinski definition) is 2. The molecule has 1 aromatic heterocycles. The molecule has 2 heterocycles. The summed E-state index contributed by atoms with van der Waals surface area (Å²) in [5, 5.41) is 21.3. The Kier molecular flexibility index (Phi) is 5.29. The number of aromatic nitrogens is 1. The number of aliphatic hydroxyl groups excluding tert-OH is 1. The molecule has 1 aliphatic rings. The summed E-state index contributed by atoms with van der Waals surface area (Å²) >= 11 is 0. The number of rotatable bonds is 5. The summed E-state index contributed by atoms with van der Waals surface area (Å²) in [5.74, 6) is 1.23. The van der Waals surface area contributed by atoms with Crippen molar-refractivity contribution in [1.82, 2.24) is 4.98 Å². The van der Waals surface area contributed by atoms with E-state index in [1.54, 1.807) is 12.3 Å². The number of nitriles is 1. The van der Waals surface area contributed by atoms with E-state index in [0.717, 1.165) is 31.7 Å². The van der Waals surface area contributed by atoms with Crippen LogP contribution in [0.25, 0.3) is 0 Å². The van der Waals surface area contributed by atoms with Crippen molar-refractivity contribution in [2.75, 3.05) is 29.9 Å². The van der Waals surface area contributed by atoms with E-state index >= 15 is 0 Å². The standard InChI is InChI=1S/C19H22N4O/c20-11-17-3-6-19(22-13-17)21-12-15-1-4-18(5-2-15)23-9-7-16(14-24)8-10-23/h1-6,13,16,24H,7-10,12,14H2,(H,21,22). The van der Waals surface area contributed by atoms with Gasteiger partial charge in [0.05, 0.1) is 5.56 Å². The molecule has 1 saturated heterocycles. The molecule has 2 N–H and O–H groups in total. The topological polar surface area (TPSA) is 72.2 Å². The van der Waals surface area contributed by atoms with Gasteiger partial charge in [-0.3, -0.25) is 0 Å². The molecule has 0 atom stereocenters. The number of nitrogens with zero attached hydrogens (tertiary/aromatic N) is 3. The average Bonchev–Trinajstić information content (AvgIpc) is 2.67. The van der Waals surface area contributed by atoms with Crippen molar-refractivity contribution in [3.8, 4) is 6.07 Å². The summed E-state index contributed by atoms with van der Waals surface area (Å²) in [7, 11) is 0. The second-order valence-corrected chi connectivity index (χ2v) is 6.18. The molecule has 0 aliphatic carbocycles. The minimum Gasteiger partial charge on any atom is -0.396 e. The van der Waals surface area contributed by atoms with Gasteiger partial charge in [-0.15, -0.1) is 0 Å². The minimum atomic E-state index is 0.307. The molecule has 24 heavy (non-hydrogen) atoms. The number of anilines is 2. The van der Waals surface area contributed by atoms with Gasteiger partial charge in [-0.1, -0.05) is 12.1 Å². The van der Waals surface area contributed by atoms with E-state index in [-0.39, 0.29) is 0 Å². The third-order valence-electron chi connectivity index (χ3n) is 4.54. The van der Waals surface area contributed by atoms with Gasteiger partial charge in [0.25, 0.3) is 0 Å². The fourth-order valence-corrected chi connectivity index (χ4v) is 2.96. The third-order valence-corrected chi connectivity index (χ3v) is 4.54. The van der Waals surface area contributed by atoms with Gasteiger partial charge in [-0.2, -0.15) is 5.26 Å². The zero-order valence-electron chi connectivity index (χ0n) is 13.7. The minimum absolute atomic E-state index is 0.307. The highest BCUT2D eigenvalue weighted by atomic mass is 16.3. The lowest BCUT2D eigenvalue weighted by atomic mass is 9.97. The molecule has 0 radical (unpaired) electrons. The van der Waals surface area contributed by atoms with Gasteiger partial charge in [0, 0.05) is 38.1 Å². The Bertz CT molecular complexity index is 683. The van der Waals surface area contributed by atoms with Crippen molar-refractivity contribution in [3.63, 3.8) is 0 Å². The van der Waals surface area contributed by atoms with Crippen LogP contribution in [-0.2, 0) is 6.54 Å². The van der Waals surface area contributed by atoms with Gasteiger partial charge >= 0.3 is 0 Å².